The van der Waals surface area contributed by atoms with Gasteiger partial charge in [-0.2, -0.15) is 5.10 Å². The van der Waals surface area contributed by atoms with Gasteiger partial charge in [-0.3, -0.25) is 9.89 Å². The molecule has 0 aliphatic carbocycles. The summed E-state index contributed by atoms with van der Waals surface area (Å²) in [7, 11) is 0. The Labute approximate surface area is 111 Å². The first-order valence-corrected chi connectivity index (χ1v) is 6.22. The third-order valence-electron chi connectivity index (χ3n) is 2.91. The predicted molar refractivity (Wildman–Crippen MR) is 69.9 cm³/mol. The Balaban J connectivity index is 1.99. The summed E-state index contributed by atoms with van der Waals surface area (Å²) in [6.07, 6.45) is 0.680. The summed E-state index contributed by atoms with van der Waals surface area (Å²) in [5.41, 5.74) is 3.08. The maximum Gasteiger partial charge on any atom is 0.257 e. The van der Waals surface area contributed by atoms with Crippen molar-refractivity contribution in [3.8, 4) is 0 Å². The Morgan fingerprint density at radius 2 is 2.21 bits per heavy atom. The first kappa shape index (κ1) is 13.3. The second-order valence-electron chi connectivity index (χ2n) is 4.82. The van der Waals surface area contributed by atoms with Crippen LogP contribution in [0.1, 0.15) is 40.1 Å². The van der Waals surface area contributed by atoms with Gasteiger partial charge in [0.05, 0.1) is 11.4 Å². The van der Waals surface area contributed by atoms with Gasteiger partial charge >= 0.3 is 0 Å². The molecule has 1 atom stereocenters. The molecule has 102 valence electrons. The molecule has 6 heteroatoms. The van der Waals surface area contributed by atoms with E-state index < -0.39 is 0 Å². The van der Waals surface area contributed by atoms with Gasteiger partial charge in [-0.1, -0.05) is 5.16 Å². The molecule has 2 aromatic heterocycles. The zero-order valence-electron chi connectivity index (χ0n) is 11.6. The van der Waals surface area contributed by atoms with Crippen molar-refractivity contribution in [1.29, 1.82) is 0 Å². The Bertz CT molecular complexity index is 566. The molecule has 6 nitrogen and oxygen atoms in total. The number of hydrogen-bond donors (Lipinski definition) is 2. The van der Waals surface area contributed by atoms with E-state index in [1.54, 1.807) is 13.8 Å². The minimum atomic E-state index is -0.156. The number of hydrogen-bond acceptors (Lipinski definition) is 4. The number of aromatic nitrogens is 3. The molecule has 0 unspecified atom stereocenters. The van der Waals surface area contributed by atoms with E-state index in [4.69, 9.17) is 4.52 Å². The molecule has 0 saturated carbocycles. The van der Waals surface area contributed by atoms with Crippen LogP contribution in [0.3, 0.4) is 0 Å². The van der Waals surface area contributed by atoms with E-state index in [0.29, 0.717) is 23.4 Å². The molecule has 0 aliphatic rings. The minimum absolute atomic E-state index is 0.0103. The molecule has 0 fully saturated rings. The van der Waals surface area contributed by atoms with Crippen molar-refractivity contribution in [3.05, 3.63) is 34.5 Å². The fourth-order valence-corrected chi connectivity index (χ4v) is 2.05. The monoisotopic (exact) mass is 262 g/mol. The van der Waals surface area contributed by atoms with E-state index in [-0.39, 0.29) is 11.9 Å². The number of rotatable bonds is 4. The van der Waals surface area contributed by atoms with Gasteiger partial charge < -0.3 is 9.84 Å². The van der Waals surface area contributed by atoms with Gasteiger partial charge in [0.15, 0.2) is 0 Å². The number of carbonyl (C=O) groups is 1. The van der Waals surface area contributed by atoms with Gasteiger partial charge in [-0.05, 0) is 33.8 Å². The van der Waals surface area contributed by atoms with Crippen molar-refractivity contribution < 1.29 is 9.32 Å². The van der Waals surface area contributed by atoms with Crippen LogP contribution in [0.4, 0.5) is 0 Å². The van der Waals surface area contributed by atoms with Crippen LogP contribution in [0.25, 0.3) is 0 Å². The lowest BCUT2D eigenvalue weighted by molar-refractivity contribution is 0.0938. The highest BCUT2D eigenvalue weighted by Crippen LogP contribution is 2.12. The average molecular weight is 262 g/mol. The van der Waals surface area contributed by atoms with Crippen LogP contribution in [-0.4, -0.2) is 27.3 Å². The van der Waals surface area contributed by atoms with Gasteiger partial charge in [0.25, 0.3) is 5.91 Å². The second-order valence-corrected chi connectivity index (χ2v) is 4.82. The molecular formula is C13H18N4O2. The number of aromatic amines is 1. The summed E-state index contributed by atoms with van der Waals surface area (Å²) in [4.78, 5) is 12.1. The van der Waals surface area contributed by atoms with Crippen LogP contribution in [0.5, 0.6) is 0 Å². The highest BCUT2D eigenvalue weighted by atomic mass is 16.5. The van der Waals surface area contributed by atoms with Gasteiger partial charge in [0.1, 0.15) is 11.3 Å². The zero-order valence-corrected chi connectivity index (χ0v) is 11.6. The van der Waals surface area contributed by atoms with E-state index in [0.717, 1.165) is 11.4 Å². The Kier molecular flexibility index (Phi) is 3.69. The topological polar surface area (TPSA) is 83.8 Å². The summed E-state index contributed by atoms with van der Waals surface area (Å²) in [5.74, 6) is 0.383. The molecule has 2 aromatic rings. The lowest BCUT2D eigenvalue weighted by Gasteiger charge is -2.12. The normalized spacial score (nSPS) is 12.4. The van der Waals surface area contributed by atoms with Gasteiger partial charge in [0, 0.05) is 18.2 Å². The quantitative estimate of drug-likeness (QED) is 0.878. The lowest BCUT2D eigenvalue weighted by atomic mass is 10.1. The van der Waals surface area contributed by atoms with Crippen molar-refractivity contribution >= 4 is 5.91 Å². The predicted octanol–water partition coefficient (Wildman–Crippen LogP) is 1.68. The Morgan fingerprint density at radius 3 is 2.74 bits per heavy atom. The first-order chi connectivity index (χ1) is 8.97. The maximum atomic E-state index is 12.1. The van der Waals surface area contributed by atoms with E-state index in [1.165, 1.54) is 0 Å². The zero-order chi connectivity index (χ0) is 14.0. The molecule has 2 N–H and O–H groups in total. The minimum Gasteiger partial charge on any atom is -0.361 e. The summed E-state index contributed by atoms with van der Waals surface area (Å²) in [5, 5.41) is 13.7. The molecule has 0 radical (unpaired) electrons. The largest absolute Gasteiger partial charge is 0.361 e. The first-order valence-electron chi connectivity index (χ1n) is 6.22. The molecular weight excluding hydrogens is 244 g/mol. The summed E-state index contributed by atoms with van der Waals surface area (Å²) < 4.78 is 4.99. The summed E-state index contributed by atoms with van der Waals surface area (Å²) >= 11 is 0. The van der Waals surface area contributed by atoms with Gasteiger partial charge in [-0.25, -0.2) is 0 Å². The Morgan fingerprint density at radius 1 is 1.47 bits per heavy atom. The molecule has 2 heterocycles. The number of amides is 1. The van der Waals surface area contributed by atoms with Crippen molar-refractivity contribution in [3.63, 3.8) is 0 Å². The second kappa shape index (κ2) is 5.26. The molecule has 0 spiro atoms. The van der Waals surface area contributed by atoms with Crippen LogP contribution in [0, 0.1) is 20.8 Å². The van der Waals surface area contributed by atoms with E-state index in [9.17, 15) is 4.79 Å². The van der Waals surface area contributed by atoms with E-state index >= 15 is 0 Å². The SMILES string of the molecule is Cc1cc(C[C@@H](C)NC(=O)c2c(C)noc2C)n[nH]1. The average Bonchev–Trinajstić information content (AvgIpc) is 2.85. The molecule has 0 aliphatic heterocycles. The van der Waals surface area contributed by atoms with E-state index in [1.807, 2.05) is 19.9 Å². The summed E-state index contributed by atoms with van der Waals surface area (Å²) in [6.45, 7) is 7.38. The van der Waals surface area contributed by atoms with Crippen molar-refractivity contribution in [2.75, 3.05) is 0 Å². The van der Waals surface area contributed by atoms with Crippen molar-refractivity contribution in [1.82, 2.24) is 20.7 Å². The molecule has 19 heavy (non-hydrogen) atoms. The Hall–Kier alpha value is -2.11. The van der Waals surface area contributed by atoms with Crippen LogP contribution in [0.15, 0.2) is 10.6 Å². The highest BCUT2D eigenvalue weighted by Gasteiger charge is 2.19. The molecule has 2 rings (SSSR count). The maximum absolute atomic E-state index is 12.1. The molecule has 0 bridgehead atoms. The van der Waals surface area contributed by atoms with E-state index in [2.05, 4.69) is 20.7 Å². The van der Waals surface area contributed by atoms with Crippen LogP contribution >= 0.6 is 0 Å². The standard InChI is InChI=1S/C13H18N4O2/c1-7(5-11-6-8(2)15-16-11)14-13(18)12-9(3)17-19-10(12)4/h6-7H,5H2,1-4H3,(H,14,18)(H,15,16)/t7-/m1/s1. The lowest BCUT2D eigenvalue weighted by Crippen LogP contribution is -2.34. The van der Waals surface area contributed by atoms with Crippen molar-refractivity contribution in [2.45, 2.75) is 40.2 Å². The highest BCUT2D eigenvalue weighted by molar-refractivity contribution is 5.96. The van der Waals surface area contributed by atoms with Gasteiger partial charge in [-0.15, -0.1) is 0 Å². The number of nitrogens with zero attached hydrogens (tertiary/aromatic N) is 2. The molecule has 0 saturated heterocycles. The smallest absolute Gasteiger partial charge is 0.257 e. The van der Waals surface area contributed by atoms with Crippen LogP contribution in [-0.2, 0) is 6.42 Å². The van der Waals surface area contributed by atoms with Gasteiger partial charge in [0.2, 0.25) is 0 Å². The third-order valence-corrected chi connectivity index (χ3v) is 2.91. The van der Waals surface area contributed by atoms with Crippen LogP contribution in [0.2, 0.25) is 0 Å². The summed E-state index contributed by atoms with van der Waals surface area (Å²) in [6, 6.07) is 1.96. The number of carbonyl (C=O) groups excluding carboxylic acids is 1. The fourth-order valence-electron chi connectivity index (χ4n) is 2.05. The molecule has 1 amide bonds. The third kappa shape index (κ3) is 3.01. The number of H-pyrrole nitrogens is 1. The number of aryl methyl sites for hydroxylation is 3. The fraction of sp³-hybridized carbons (Fsp3) is 0.462. The molecule has 0 aromatic carbocycles. The number of nitrogens with one attached hydrogen (secondary N) is 2. The van der Waals surface area contributed by atoms with Crippen molar-refractivity contribution in [2.24, 2.45) is 0 Å². The van der Waals surface area contributed by atoms with Crippen LogP contribution < -0.4 is 5.32 Å².